The number of aliphatic hydroxyl groups is 1. The minimum absolute atomic E-state index is 0.0423. The Bertz CT molecular complexity index is 604. The second-order valence-electron chi connectivity index (χ2n) is 4.26. The van der Waals surface area contributed by atoms with Gasteiger partial charge in [-0.25, -0.2) is 0 Å². The largest absolute Gasteiger partial charge is 0.392 e. The highest BCUT2D eigenvalue weighted by Gasteiger charge is 2.15. The number of benzene rings is 1. The van der Waals surface area contributed by atoms with Crippen molar-refractivity contribution >= 4 is 28.4 Å². The molecule has 2 rings (SSSR count). The maximum absolute atomic E-state index is 11.7. The molecule has 0 spiro atoms. The first kappa shape index (κ1) is 13.1. The van der Waals surface area contributed by atoms with Gasteiger partial charge >= 0.3 is 11.8 Å². The highest BCUT2D eigenvalue weighted by molar-refractivity contribution is 6.40. The molecule has 2 amide bonds. The molecule has 0 aliphatic carbocycles. The zero-order chi connectivity index (χ0) is 13.8. The van der Waals surface area contributed by atoms with E-state index >= 15 is 0 Å². The van der Waals surface area contributed by atoms with Gasteiger partial charge in [0.1, 0.15) is 0 Å². The fourth-order valence-corrected chi connectivity index (χ4v) is 1.69. The van der Waals surface area contributed by atoms with Gasteiger partial charge < -0.3 is 20.7 Å². The maximum atomic E-state index is 11.7. The number of hydrogen-bond donors (Lipinski definition) is 4. The van der Waals surface area contributed by atoms with Gasteiger partial charge in [-0.1, -0.05) is 6.07 Å². The molecule has 2 aromatic rings. The number of fused-ring (bicyclic) bond motifs is 1. The predicted octanol–water partition coefficient (Wildman–Crippen LogP) is 0.603. The molecule has 0 bridgehead atoms. The van der Waals surface area contributed by atoms with E-state index in [1.165, 1.54) is 6.92 Å². The van der Waals surface area contributed by atoms with E-state index in [1.807, 2.05) is 12.1 Å². The average Bonchev–Trinajstić information content (AvgIpc) is 2.85. The summed E-state index contributed by atoms with van der Waals surface area (Å²) in [6.45, 7) is 1.57. The molecule has 1 aromatic heterocycles. The number of rotatable bonds is 3. The van der Waals surface area contributed by atoms with Crippen molar-refractivity contribution < 1.29 is 14.7 Å². The van der Waals surface area contributed by atoms with Crippen LogP contribution in [-0.2, 0) is 9.59 Å². The Kier molecular flexibility index (Phi) is 3.82. The van der Waals surface area contributed by atoms with E-state index < -0.39 is 17.9 Å². The second-order valence-corrected chi connectivity index (χ2v) is 4.26. The number of aromatic nitrogens is 1. The highest BCUT2D eigenvalue weighted by atomic mass is 16.3. The quantitative estimate of drug-likeness (QED) is 0.609. The Labute approximate surface area is 109 Å². The Morgan fingerprint density at radius 2 is 2.11 bits per heavy atom. The monoisotopic (exact) mass is 261 g/mol. The first-order valence-corrected chi connectivity index (χ1v) is 5.91. The number of aliphatic hydroxyl groups excluding tert-OH is 1. The van der Waals surface area contributed by atoms with Crippen LogP contribution in [0.3, 0.4) is 0 Å². The molecule has 19 heavy (non-hydrogen) atoms. The summed E-state index contributed by atoms with van der Waals surface area (Å²) in [6, 6.07) is 7.19. The van der Waals surface area contributed by atoms with Crippen LogP contribution >= 0.6 is 0 Å². The summed E-state index contributed by atoms with van der Waals surface area (Å²) in [4.78, 5) is 26.2. The second kappa shape index (κ2) is 5.53. The summed E-state index contributed by atoms with van der Waals surface area (Å²) in [7, 11) is 0. The predicted molar refractivity (Wildman–Crippen MR) is 71.6 cm³/mol. The molecule has 1 heterocycles. The van der Waals surface area contributed by atoms with Gasteiger partial charge in [-0.15, -0.1) is 0 Å². The van der Waals surface area contributed by atoms with Gasteiger partial charge in [0, 0.05) is 23.6 Å². The van der Waals surface area contributed by atoms with Gasteiger partial charge in [-0.2, -0.15) is 0 Å². The third kappa shape index (κ3) is 3.11. The van der Waals surface area contributed by atoms with Crippen molar-refractivity contribution in [3.05, 3.63) is 30.5 Å². The molecule has 1 aromatic carbocycles. The van der Waals surface area contributed by atoms with Gasteiger partial charge in [-0.05, 0) is 25.1 Å². The van der Waals surface area contributed by atoms with Gasteiger partial charge in [0.15, 0.2) is 0 Å². The molecule has 4 N–H and O–H groups in total. The van der Waals surface area contributed by atoms with Gasteiger partial charge in [-0.3, -0.25) is 9.59 Å². The lowest BCUT2D eigenvalue weighted by Gasteiger charge is -2.08. The number of amides is 2. The normalized spacial score (nSPS) is 12.1. The first-order chi connectivity index (χ1) is 9.08. The molecule has 0 fully saturated rings. The van der Waals surface area contributed by atoms with Gasteiger partial charge in [0.25, 0.3) is 0 Å². The smallest absolute Gasteiger partial charge is 0.313 e. The molecular formula is C13H15N3O3. The number of anilines is 1. The third-order valence-corrected chi connectivity index (χ3v) is 2.61. The molecule has 0 aliphatic rings. The summed E-state index contributed by atoms with van der Waals surface area (Å²) in [6.07, 6.45) is 1.07. The zero-order valence-corrected chi connectivity index (χ0v) is 10.4. The molecule has 0 radical (unpaired) electrons. The van der Waals surface area contributed by atoms with E-state index in [1.54, 1.807) is 18.3 Å². The molecule has 6 nitrogen and oxygen atoms in total. The topological polar surface area (TPSA) is 94.2 Å². The van der Waals surface area contributed by atoms with Crippen LogP contribution in [0.5, 0.6) is 0 Å². The number of hydrogen-bond acceptors (Lipinski definition) is 3. The van der Waals surface area contributed by atoms with E-state index in [4.69, 9.17) is 5.11 Å². The molecule has 0 aliphatic heterocycles. The number of carbonyl (C=O) groups is 2. The number of H-pyrrole nitrogens is 1. The summed E-state index contributed by atoms with van der Waals surface area (Å²) in [5.74, 6) is -1.53. The number of aromatic amines is 1. The van der Waals surface area contributed by atoms with Crippen molar-refractivity contribution in [2.45, 2.75) is 13.0 Å². The van der Waals surface area contributed by atoms with Crippen LogP contribution in [0.15, 0.2) is 30.5 Å². The first-order valence-electron chi connectivity index (χ1n) is 5.91. The standard InChI is InChI=1S/C13H15N3O3/c1-8(17)7-15-12(18)13(19)16-11-4-2-3-10-9(11)5-6-14-10/h2-6,8,14,17H,7H2,1H3,(H,15,18)(H,16,19)/t8-/m1/s1. The molecule has 0 saturated heterocycles. The molecule has 0 saturated carbocycles. The van der Waals surface area contributed by atoms with Crippen LogP contribution in [-0.4, -0.2) is 34.6 Å². The number of nitrogens with one attached hydrogen (secondary N) is 3. The molecule has 100 valence electrons. The summed E-state index contributed by atoms with van der Waals surface area (Å²) >= 11 is 0. The Balaban J connectivity index is 2.06. The third-order valence-electron chi connectivity index (χ3n) is 2.61. The van der Waals surface area contributed by atoms with E-state index in [0.717, 1.165) is 10.9 Å². The van der Waals surface area contributed by atoms with Gasteiger partial charge in [0.2, 0.25) is 0 Å². The lowest BCUT2D eigenvalue weighted by Crippen LogP contribution is -2.38. The highest BCUT2D eigenvalue weighted by Crippen LogP contribution is 2.21. The summed E-state index contributed by atoms with van der Waals surface area (Å²) < 4.78 is 0. The average molecular weight is 261 g/mol. The lowest BCUT2D eigenvalue weighted by molar-refractivity contribution is -0.136. The minimum Gasteiger partial charge on any atom is -0.392 e. The van der Waals surface area contributed by atoms with Gasteiger partial charge in [0.05, 0.1) is 11.8 Å². The maximum Gasteiger partial charge on any atom is 0.313 e. The van der Waals surface area contributed by atoms with Crippen LogP contribution in [0.4, 0.5) is 5.69 Å². The van der Waals surface area contributed by atoms with Crippen LogP contribution in [0, 0.1) is 0 Å². The fourth-order valence-electron chi connectivity index (χ4n) is 1.69. The van der Waals surface area contributed by atoms with E-state index in [0.29, 0.717) is 5.69 Å². The van der Waals surface area contributed by atoms with E-state index in [2.05, 4.69) is 15.6 Å². The number of carbonyl (C=O) groups excluding carboxylic acids is 2. The molecule has 6 heteroatoms. The van der Waals surface area contributed by atoms with Crippen LogP contribution in [0.2, 0.25) is 0 Å². The van der Waals surface area contributed by atoms with Crippen LogP contribution in [0.25, 0.3) is 10.9 Å². The summed E-state index contributed by atoms with van der Waals surface area (Å²) in [5, 5.41) is 14.7. The van der Waals surface area contributed by atoms with Crippen molar-refractivity contribution in [2.75, 3.05) is 11.9 Å². The Morgan fingerprint density at radius 3 is 2.84 bits per heavy atom. The SMILES string of the molecule is C[C@@H](O)CNC(=O)C(=O)Nc1cccc2[nH]ccc12. The van der Waals surface area contributed by atoms with Crippen molar-refractivity contribution in [1.82, 2.24) is 10.3 Å². The molecular weight excluding hydrogens is 246 g/mol. The van der Waals surface area contributed by atoms with Crippen molar-refractivity contribution in [1.29, 1.82) is 0 Å². The van der Waals surface area contributed by atoms with Crippen molar-refractivity contribution in [3.63, 3.8) is 0 Å². The summed E-state index contributed by atoms with van der Waals surface area (Å²) in [5.41, 5.74) is 1.44. The molecule has 0 unspecified atom stereocenters. The lowest BCUT2D eigenvalue weighted by atomic mass is 10.2. The fraction of sp³-hybridized carbons (Fsp3) is 0.231. The minimum atomic E-state index is -0.770. The van der Waals surface area contributed by atoms with Crippen LogP contribution in [0.1, 0.15) is 6.92 Å². The Morgan fingerprint density at radius 1 is 1.32 bits per heavy atom. The Hall–Kier alpha value is -2.34. The van der Waals surface area contributed by atoms with E-state index in [9.17, 15) is 9.59 Å². The van der Waals surface area contributed by atoms with Crippen molar-refractivity contribution in [3.8, 4) is 0 Å². The zero-order valence-electron chi connectivity index (χ0n) is 10.4. The molecule has 1 atom stereocenters. The van der Waals surface area contributed by atoms with Crippen molar-refractivity contribution in [2.24, 2.45) is 0 Å². The van der Waals surface area contributed by atoms with Crippen LogP contribution < -0.4 is 10.6 Å². The van der Waals surface area contributed by atoms with E-state index in [-0.39, 0.29) is 6.54 Å².